The normalized spacial score (nSPS) is 18.2. The average Bonchev–Trinajstić information content (AvgIpc) is 2.96. The van der Waals surface area contributed by atoms with Gasteiger partial charge in [0, 0.05) is 6.42 Å². The molecule has 4 heteroatoms. The monoisotopic (exact) mass is 291 g/mol. The molecule has 0 spiro atoms. The minimum absolute atomic E-state index is 0.0151. The molecule has 1 aliphatic carbocycles. The van der Waals surface area contributed by atoms with Gasteiger partial charge in [-0.25, -0.2) is 0 Å². The summed E-state index contributed by atoms with van der Waals surface area (Å²) in [6, 6.07) is 7.82. The second kappa shape index (κ2) is 6.94. The standard InChI is InChI=1S/C17H25NO3/c1-13(14-6-5-7-15(11-14)21-2)10-16(20)18-17(12-19)8-3-4-9-17/h5-7,11,13,19H,3-4,8-10,12H2,1-2H3,(H,18,20). The molecule has 1 atom stereocenters. The number of rotatable bonds is 6. The number of amides is 1. The van der Waals surface area contributed by atoms with Crippen LogP contribution in [-0.2, 0) is 4.79 Å². The average molecular weight is 291 g/mol. The van der Waals surface area contributed by atoms with Crippen LogP contribution in [0.4, 0.5) is 0 Å². The van der Waals surface area contributed by atoms with Crippen LogP contribution < -0.4 is 10.1 Å². The lowest BCUT2D eigenvalue weighted by atomic mass is 9.94. The van der Waals surface area contributed by atoms with Crippen molar-refractivity contribution >= 4 is 5.91 Å². The SMILES string of the molecule is COc1cccc(C(C)CC(=O)NC2(CO)CCCC2)c1. The van der Waals surface area contributed by atoms with E-state index in [0.717, 1.165) is 37.0 Å². The van der Waals surface area contributed by atoms with Crippen molar-refractivity contribution in [3.63, 3.8) is 0 Å². The Morgan fingerprint density at radius 2 is 2.14 bits per heavy atom. The molecule has 4 nitrogen and oxygen atoms in total. The van der Waals surface area contributed by atoms with Crippen molar-refractivity contribution in [2.75, 3.05) is 13.7 Å². The number of hydrogen-bond donors (Lipinski definition) is 2. The Balaban J connectivity index is 1.95. The van der Waals surface area contributed by atoms with Crippen LogP contribution in [0.2, 0.25) is 0 Å². The Labute approximate surface area is 126 Å². The van der Waals surface area contributed by atoms with Gasteiger partial charge < -0.3 is 15.2 Å². The summed E-state index contributed by atoms with van der Waals surface area (Å²) in [5.41, 5.74) is 0.708. The van der Waals surface area contributed by atoms with Crippen LogP contribution in [0.5, 0.6) is 5.75 Å². The molecule has 1 amide bonds. The predicted molar refractivity (Wildman–Crippen MR) is 82.5 cm³/mol. The number of hydrogen-bond acceptors (Lipinski definition) is 3. The molecule has 0 radical (unpaired) electrons. The van der Waals surface area contributed by atoms with Crippen molar-refractivity contribution in [1.29, 1.82) is 0 Å². The second-order valence-corrected chi connectivity index (χ2v) is 6.08. The van der Waals surface area contributed by atoms with Crippen LogP contribution in [-0.4, -0.2) is 30.3 Å². The Bertz CT molecular complexity index is 481. The van der Waals surface area contributed by atoms with Gasteiger partial charge in [0.05, 0.1) is 19.3 Å². The summed E-state index contributed by atoms with van der Waals surface area (Å²) in [5, 5.41) is 12.6. The van der Waals surface area contributed by atoms with Crippen molar-refractivity contribution in [3.8, 4) is 5.75 Å². The number of carbonyl (C=O) groups excluding carboxylic acids is 1. The molecule has 1 saturated carbocycles. The fraction of sp³-hybridized carbons (Fsp3) is 0.588. The summed E-state index contributed by atoms with van der Waals surface area (Å²) in [5.74, 6) is 0.945. The first kappa shape index (κ1) is 15.8. The molecule has 0 bridgehead atoms. The van der Waals surface area contributed by atoms with Crippen LogP contribution >= 0.6 is 0 Å². The van der Waals surface area contributed by atoms with Gasteiger partial charge in [0.1, 0.15) is 5.75 Å². The number of aliphatic hydroxyl groups is 1. The van der Waals surface area contributed by atoms with Gasteiger partial charge in [0.25, 0.3) is 0 Å². The van der Waals surface area contributed by atoms with Crippen molar-refractivity contribution < 1.29 is 14.6 Å². The van der Waals surface area contributed by atoms with E-state index in [0.29, 0.717) is 6.42 Å². The van der Waals surface area contributed by atoms with Crippen LogP contribution in [0.3, 0.4) is 0 Å². The molecule has 1 aromatic carbocycles. The third kappa shape index (κ3) is 3.97. The third-order valence-corrected chi connectivity index (χ3v) is 4.42. The highest BCUT2D eigenvalue weighted by Gasteiger charge is 2.34. The van der Waals surface area contributed by atoms with Gasteiger partial charge >= 0.3 is 0 Å². The first-order valence-corrected chi connectivity index (χ1v) is 7.64. The molecule has 0 aromatic heterocycles. The van der Waals surface area contributed by atoms with Crippen LogP contribution in [0, 0.1) is 0 Å². The summed E-state index contributed by atoms with van der Waals surface area (Å²) in [7, 11) is 1.64. The number of methoxy groups -OCH3 is 1. The number of aliphatic hydroxyl groups excluding tert-OH is 1. The van der Waals surface area contributed by atoms with Gasteiger partial charge in [-0.2, -0.15) is 0 Å². The van der Waals surface area contributed by atoms with E-state index in [4.69, 9.17) is 4.74 Å². The fourth-order valence-corrected chi connectivity index (χ4v) is 3.07. The lowest BCUT2D eigenvalue weighted by Crippen LogP contribution is -2.49. The molecular formula is C17H25NO3. The molecule has 0 saturated heterocycles. The number of carbonyl (C=O) groups is 1. The highest BCUT2D eigenvalue weighted by molar-refractivity contribution is 5.77. The van der Waals surface area contributed by atoms with Crippen molar-refractivity contribution in [1.82, 2.24) is 5.32 Å². The van der Waals surface area contributed by atoms with Crippen molar-refractivity contribution in [2.24, 2.45) is 0 Å². The smallest absolute Gasteiger partial charge is 0.221 e. The van der Waals surface area contributed by atoms with Gasteiger partial charge in [0.2, 0.25) is 5.91 Å². The fourth-order valence-electron chi connectivity index (χ4n) is 3.07. The van der Waals surface area contributed by atoms with Crippen molar-refractivity contribution in [3.05, 3.63) is 29.8 Å². The number of benzene rings is 1. The highest BCUT2D eigenvalue weighted by atomic mass is 16.5. The van der Waals surface area contributed by atoms with E-state index in [9.17, 15) is 9.90 Å². The molecule has 2 N–H and O–H groups in total. The summed E-state index contributed by atoms with van der Waals surface area (Å²) in [6.07, 6.45) is 4.33. The van der Waals surface area contributed by atoms with Crippen molar-refractivity contribution in [2.45, 2.75) is 50.5 Å². The maximum atomic E-state index is 12.2. The molecular weight excluding hydrogens is 266 g/mol. The van der Waals surface area contributed by atoms with Crippen LogP contribution in [0.15, 0.2) is 24.3 Å². The summed E-state index contributed by atoms with van der Waals surface area (Å²) >= 11 is 0. The zero-order valence-electron chi connectivity index (χ0n) is 12.9. The lowest BCUT2D eigenvalue weighted by Gasteiger charge is -2.28. The predicted octanol–water partition coefficient (Wildman–Crippen LogP) is 2.61. The summed E-state index contributed by atoms with van der Waals surface area (Å²) in [4.78, 5) is 12.2. The molecule has 116 valence electrons. The largest absolute Gasteiger partial charge is 0.497 e. The van der Waals surface area contributed by atoms with E-state index in [1.54, 1.807) is 7.11 Å². The van der Waals surface area contributed by atoms with Gasteiger partial charge in [-0.05, 0) is 36.5 Å². The van der Waals surface area contributed by atoms with Gasteiger partial charge in [0.15, 0.2) is 0 Å². The zero-order chi connectivity index (χ0) is 15.3. The van der Waals surface area contributed by atoms with E-state index in [1.807, 2.05) is 31.2 Å². The van der Waals surface area contributed by atoms with Crippen LogP contribution in [0.25, 0.3) is 0 Å². The molecule has 1 unspecified atom stereocenters. The topological polar surface area (TPSA) is 58.6 Å². The van der Waals surface area contributed by atoms with Gasteiger partial charge in [-0.1, -0.05) is 31.9 Å². The minimum Gasteiger partial charge on any atom is -0.497 e. The first-order valence-electron chi connectivity index (χ1n) is 7.64. The van der Waals surface area contributed by atoms with E-state index in [-0.39, 0.29) is 24.0 Å². The maximum absolute atomic E-state index is 12.2. The Kier molecular flexibility index (Phi) is 5.23. The lowest BCUT2D eigenvalue weighted by molar-refractivity contribution is -0.123. The molecule has 0 aliphatic heterocycles. The number of nitrogens with one attached hydrogen (secondary N) is 1. The molecule has 1 aromatic rings. The quantitative estimate of drug-likeness (QED) is 0.847. The summed E-state index contributed by atoms with van der Waals surface area (Å²) < 4.78 is 5.22. The van der Waals surface area contributed by atoms with E-state index < -0.39 is 0 Å². The van der Waals surface area contributed by atoms with Crippen LogP contribution in [0.1, 0.15) is 50.5 Å². The molecule has 21 heavy (non-hydrogen) atoms. The molecule has 1 aliphatic rings. The molecule has 0 heterocycles. The zero-order valence-corrected chi connectivity index (χ0v) is 12.9. The van der Waals surface area contributed by atoms with Gasteiger partial charge in [-0.15, -0.1) is 0 Å². The third-order valence-electron chi connectivity index (χ3n) is 4.42. The first-order chi connectivity index (χ1) is 10.1. The van der Waals surface area contributed by atoms with E-state index in [1.165, 1.54) is 0 Å². The summed E-state index contributed by atoms with van der Waals surface area (Å²) in [6.45, 7) is 2.07. The van der Waals surface area contributed by atoms with E-state index >= 15 is 0 Å². The Morgan fingerprint density at radius 3 is 2.76 bits per heavy atom. The Morgan fingerprint density at radius 1 is 1.43 bits per heavy atom. The number of ether oxygens (including phenoxy) is 1. The highest BCUT2D eigenvalue weighted by Crippen LogP contribution is 2.30. The Hall–Kier alpha value is -1.55. The minimum atomic E-state index is -0.384. The maximum Gasteiger partial charge on any atom is 0.221 e. The molecule has 2 rings (SSSR count). The van der Waals surface area contributed by atoms with Gasteiger partial charge in [-0.3, -0.25) is 4.79 Å². The second-order valence-electron chi connectivity index (χ2n) is 6.08. The molecule has 1 fully saturated rings. The van der Waals surface area contributed by atoms with E-state index in [2.05, 4.69) is 5.32 Å².